The number of aliphatic hydroxyl groups is 1. The molecule has 0 radical (unpaired) electrons. The molecule has 136 valence electrons. The number of hydrogen-bond donors (Lipinski definition) is 2. The Morgan fingerprint density at radius 1 is 1.48 bits per heavy atom. The normalized spacial score (nSPS) is 17.2. The summed E-state index contributed by atoms with van der Waals surface area (Å²) in [6.07, 6.45) is 6.80. The fourth-order valence-electron chi connectivity index (χ4n) is 3.40. The summed E-state index contributed by atoms with van der Waals surface area (Å²) < 4.78 is 5.07. The first-order chi connectivity index (χ1) is 12.2. The number of H-pyrrole nitrogens is 1. The Bertz CT molecular complexity index is 712. The van der Waals surface area contributed by atoms with Gasteiger partial charge in [0.05, 0.1) is 12.7 Å². The monoisotopic (exact) mass is 344 g/mol. The third-order valence-electron chi connectivity index (χ3n) is 4.76. The van der Waals surface area contributed by atoms with E-state index in [1.165, 1.54) is 16.5 Å². The smallest absolute Gasteiger partial charge is 0.137 e. The summed E-state index contributed by atoms with van der Waals surface area (Å²) in [5.41, 5.74) is 3.56. The summed E-state index contributed by atoms with van der Waals surface area (Å²) in [6, 6.07) is 4.09. The molecule has 1 atom stereocenters. The number of aromatic nitrogens is 2. The van der Waals surface area contributed by atoms with Gasteiger partial charge in [-0.2, -0.15) is 0 Å². The molecule has 3 rings (SSSR count). The highest BCUT2D eigenvalue weighted by atomic mass is 16.5. The minimum atomic E-state index is -0.339. The van der Waals surface area contributed by atoms with E-state index in [1.54, 1.807) is 7.11 Å². The lowest BCUT2D eigenvalue weighted by atomic mass is 9.99. The van der Waals surface area contributed by atoms with Crippen LogP contribution in [0.2, 0.25) is 0 Å². The van der Waals surface area contributed by atoms with Crippen LogP contribution in [0.15, 0.2) is 30.6 Å². The summed E-state index contributed by atoms with van der Waals surface area (Å²) in [5.74, 6) is 0. The molecule has 0 unspecified atom stereocenters. The maximum absolute atomic E-state index is 10.3. The van der Waals surface area contributed by atoms with E-state index in [4.69, 9.17) is 4.74 Å². The fourth-order valence-corrected chi connectivity index (χ4v) is 3.40. The van der Waals surface area contributed by atoms with Gasteiger partial charge in [0.2, 0.25) is 0 Å². The number of hydrogen-bond acceptors (Lipinski definition) is 5. The van der Waals surface area contributed by atoms with Crippen molar-refractivity contribution < 1.29 is 9.84 Å². The van der Waals surface area contributed by atoms with E-state index in [9.17, 15) is 5.11 Å². The highest BCUT2D eigenvalue weighted by molar-refractivity contribution is 5.90. The predicted molar refractivity (Wildman–Crippen MR) is 101 cm³/mol. The van der Waals surface area contributed by atoms with E-state index in [-0.39, 0.29) is 6.10 Å². The summed E-state index contributed by atoms with van der Waals surface area (Å²) in [4.78, 5) is 12.0. The van der Waals surface area contributed by atoms with E-state index >= 15 is 0 Å². The van der Waals surface area contributed by atoms with Crippen molar-refractivity contribution in [1.82, 2.24) is 19.8 Å². The number of nitrogens with zero attached hydrogens (tertiary/aromatic N) is 3. The predicted octanol–water partition coefficient (Wildman–Crippen LogP) is 1.59. The topological polar surface area (TPSA) is 64.6 Å². The largest absolute Gasteiger partial charge is 0.390 e. The van der Waals surface area contributed by atoms with Crippen molar-refractivity contribution in [2.24, 2.45) is 0 Å². The van der Waals surface area contributed by atoms with Gasteiger partial charge >= 0.3 is 0 Å². The van der Waals surface area contributed by atoms with Crippen molar-refractivity contribution in [2.45, 2.75) is 12.5 Å². The number of rotatable bonds is 8. The molecule has 0 spiro atoms. The molecule has 0 aromatic carbocycles. The summed E-state index contributed by atoms with van der Waals surface area (Å²) in [6.45, 7) is 4.75. The molecule has 0 bridgehead atoms. The van der Waals surface area contributed by atoms with Gasteiger partial charge < -0.3 is 19.7 Å². The number of likely N-dealkylation sites (N-methyl/N-ethyl adjacent to an activating group) is 1. The molecule has 6 heteroatoms. The lowest BCUT2D eigenvalue weighted by molar-refractivity contribution is 0.0748. The lowest BCUT2D eigenvalue weighted by Gasteiger charge is -2.29. The van der Waals surface area contributed by atoms with Gasteiger partial charge in [0.1, 0.15) is 5.65 Å². The Kier molecular flexibility index (Phi) is 6.20. The first kappa shape index (κ1) is 18.1. The Labute approximate surface area is 149 Å². The van der Waals surface area contributed by atoms with E-state index in [1.807, 2.05) is 19.3 Å². The van der Waals surface area contributed by atoms with Crippen molar-refractivity contribution in [3.8, 4) is 0 Å². The van der Waals surface area contributed by atoms with Crippen LogP contribution in [0.25, 0.3) is 16.6 Å². The van der Waals surface area contributed by atoms with Crippen LogP contribution in [0.5, 0.6) is 0 Å². The maximum atomic E-state index is 10.3. The maximum Gasteiger partial charge on any atom is 0.137 e. The quantitative estimate of drug-likeness (QED) is 0.761. The first-order valence-corrected chi connectivity index (χ1v) is 8.86. The van der Waals surface area contributed by atoms with Crippen LogP contribution in [-0.4, -0.2) is 84.5 Å². The van der Waals surface area contributed by atoms with Crippen LogP contribution in [0.3, 0.4) is 0 Å². The molecule has 2 N–H and O–H groups in total. The van der Waals surface area contributed by atoms with Crippen LogP contribution in [-0.2, 0) is 4.74 Å². The Morgan fingerprint density at radius 3 is 3.12 bits per heavy atom. The molecular weight excluding hydrogens is 316 g/mol. The second-order valence-electron chi connectivity index (χ2n) is 6.75. The summed E-state index contributed by atoms with van der Waals surface area (Å²) >= 11 is 0. The van der Waals surface area contributed by atoms with Gasteiger partial charge in [-0.25, -0.2) is 4.98 Å². The van der Waals surface area contributed by atoms with Crippen LogP contribution >= 0.6 is 0 Å². The summed E-state index contributed by atoms with van der Waals surface area (Å²) in [7, 11) is 3.72. The number of methoxy groups -OCH3 is 1. The SMILES string of the molecule is COCCN(C)C[C@H](O)CN1CC=C(c2c[nH]c3ncccc23)CC1. The van der Waals surface area contributed by atoms with Crippen LogP contribution in [0.1, 0.15) is 12.0 Å². The van der Waals surface area contributed by atoms with E-state index in [2.05, 4.69) is 38.1 Å². The van der Waals surface area contributed by atoms with Crippen molar-refractivity contribution >= 4 is 16.6 Å². The van der Waals surface area contributed by atoms with Gasteiger partial charge in [-0.3, -0.25) is 4.90 Å². The van der Waals surface area contributed by atoms with E-state index in [0.29, 0.717) is 19.7 Å². The molecule has 25 heavy (non-hydrogen) atoms. The highest BCUT2D eigenvalue weighted by Crippen LogP contribution is 2.28. The minimum Gasteiger partial charge on any atom is -0.390 e. The zero-order chi connectivity index (χ0) is 17.6. The number of β-amino-alcohol motifs (C(OH)–C–C–N with tert-alkyl or cyclic N) is 1. The Balaban J connectivity index is 1.54. The van der Waals surface area contributed by atoms with Gasteiger partial charge in [0.15, 0.2) is 0 Å². The number of aromatic amines is 1. The summed E-state index contributed by atoms with van der Waals surface area (Å²) in [5, 5.41) is 11.5. The van der Waals surface area contributed by atoms with E-state index in [0.717, 1.165) is 31.7 Å². The van der Waals surface area contributed by atoms with Crippen molar-refractivity contribution in [2.75, 3.05) is 53.5 Å². The molecule has 2 aromatic heterocycles. The van der Waals surface area contributed by atoms with Crippen LogP contribution in [0.4, 0.5) is 0 Å². The van der Waals surface area contributed by atoms with Crippen LogP contribution in [0, 0.1) is 0 Å². The Hall–Kier alpha value is -1.73. The first-order valence-electron chi connectivity index (χ1n) is 8.86. The molecule has 2 aromatic rings. The standard InChI is InChI=1S/C19H28N4O2/c1-22(10-11-25-2)13-16(24)14-23-8-5-15(6-9-23)18-12-21-19-17(18)4-3-7-20-19/h3-5,7,12,16,24H,6,8-11,13-14H2,1-2H3,(H,20,21)/t16-/m0/s1. The van der Waals surface area contributed by atoms with Crippen molar-refractivity contribution in [3.63, 3.8) is 0 Å². The fraction of sp³-hybridized carbons (Fsp3) is 0.526. The van der Waals surface area contributed by atoms with Gasteiger partial charge in [0, 0.05) is 63.2 Å². The van der Waals surface area contributed by atoms with Crippen molar-refractivity contribution in [3.05, 3.63) is 36.2 Å². The second-order valence-corrected chi connectivity index (χ2v) is 6.75. The molecule has 0 saturated heterocycles. The van der Waals surface area contributed by atoms with Crippen LogP contribution < -0.4 is 0 Å². The Morgan fingerprint density at radius 2 is 2.36 bits per heavy atom. The highest BCUT2D eigenvalue weighted by Gasteiger charge is 2.18. The lowest BCUT2D eigenvalue weighted by Crippen LogP contribution is -2.41. The van der Waals surface area contributed by atoms with Gasteiger partial charge in [0.25, 0.3) is 0 Å². The number of nitrogens with one attached hydrogen (secondary N) is 1. The third kappa shape index (κ3) is 4.67. The zero-order valence-electron chi connectivity index (χ0n) is 15.1. The molecule has 1 aliphatic heterocycles. The van der Waals surface area contributed by atoms with Gasteiger partial charge in [-0.15, -0.1) is 0 Å². The molecular formula is C19H28N4O2. The zero-order valence-corrected chi connectivity index (χ0v) is 15.1. The number of aliphatic hydroxyl groups excluding tert-OH is 1. The molecule has 0 amide bonds. The van der Waals surface area contributed by atoms with Gasteiger partial charge in [-0.05, 0) is 31.2 Å². The number of fused-ring (bicyclic) bond motifs is 1. The molecule has 0 aliphatic carbocycles. The average Bonchev–Trinajstić information content (AvgIpc) is 3.04. The average molecular weight is 344 g/mol. The molecule has 6 nitrogen and oxygen atoms in total. The molecule has 0 saturated carbocycles. The molecule has 0 fully saturated rings. The number of pyridine rings is 1. The molecule has 3 heterocycles. The number of ether oxygens (including phenoxy) is 1. The second kappa shape index (κ2) is 8.58. The van der Waals surface area contributed by atoms with Crippen molar-refractivity contribution in [1.29, 1.82) is 0 Å². The van der Waals surface area contributed by atoms with E-state index < -0.39 is 0 Å². The minimum absolute atomic E-state index is 0.339. The van der Waals surface area contributed by atoms with Gasteiger partial charge in [-0.1, -0.05) is 6.08 Å². The third-order valence-corrected chi connectivity index (χ3v) is 4.76. The molecule has 1 aliphatic rings.